The van der Waals surface area contributed by atoms with Crippen LogP contribution in [-0.2, 0) is 5.41 Å². The van der Waals surface area contributed by atoms with Crippen LogP contribution in [0.2, 0.25) is 0 Å². The van der Waals surface area contributed by atoms with Gasteiger partial charge in [0.2, 0.25) is 0 Å². The van der Waals surface area contributed by atoms with Gasteiger partial charge in [0, 0.05) is 24.7 Å². The van der Waals surface area contributed by atoms with Crippen LogP contribution >= 0.6 is 0 Å². The number of rotatable bonds is 9. The monoisotopic (exact) mass is 484 g/mol. The lowest BCUT2D eigenvalue weighted by atomic mass is 9.69. The molecule has 4 nitrogen and oxygen atoms in total. The zero-order valence-corrected chi connectivity index (χ0v) is 20.8. The predicted molar refractivity (Wildman–Crippen MR) is 139 cm³/mol. The quantitative estimate of drug-likeness (QED) is 0.348. The van der Waals surface area contributed by atoms with Crippen molar-refractivity contribution in [3.63, 3.8) is 0 Å². The standard InChI is InChI=1S/C31H33FN2O2/c1-35-29-15-14-26(20-28(29)32)36-27-21-34(22-27)30(16-8-9-17-30)18-19-31(23-33,24-10-4-2-5-11-24)25-12-6-3-7-13-25/h2-7,10-15,20,27H,8-9,16-19,21-22H2,1H3. The van der Waals surface area contributed by atoms with Crippen LogP contribution in [0.15, 0.2) is 78.9 Å². The van der Waals surface area contributed by atoms with Gasteiger partial charge in [0.1, 0.15) is 17.3 Å². The predicted octanol–water partition coefficient (Wildman–Crippen LogP) is 6.50. The van der Waals surface area contributed by atoms with E-state index in [-0.39, 0.29) is 17.4 Å². The lowest BCUT2D eigenvalue weighted by Gasteiger charge is -2.51. The molecule has 1 heterocycles. The van der Waals surface area contributed by atoms with E-state index in [0.717, 1.165) is 49.9 Å². The Balaban J connectivity index is 1.32. The first-order valence-electron chi connectivity index (χ1n) is 12.9. The van der Waals surface area contributed by atoms with E-state index in [2.05, 4.69) is 35.2 Å². The molecule has 5 rings (SSSR count). The van der Waals surface area contributed by atoms with Crippen molar-refractivity contribution in [3.8, 4) is 17.6 Å². The van der Waals surface area contributed by atoms with E-state index in [4.69, 9.17) is 9.47 Å². The van der Waals surface area contributed by atoms with Crippen LogP contribution in [0.1, 0.15) is 49.7 Å². The van der Waals surface area contributed by atoms with Gasteiger partial charge in [-0.25, -0.2) is 4.39 Å². The fraction of sp³-hybridized carbons (Fsp3) is 0.387. The summed E-state index contributed by atoms with van der Waals surface area (Å²) in [5, 5.41) is 10.6. The Bertz CT molecular complexity index is 1160. The van der Waals surface area contributed by atoms with Crippen LogP contribution in [0, 0.1) is 17.1 Å². The number of halogens is 1. The van der Waals surface area contributed by atoms with Gasteiger partial charge in [0.25, 0.3) is 0 Å². The molecule has 1 saturated heterocycles. The Hall–Kier alpha value is -3.36. The van der Waals surface area contributed by atoms with Crippen molar-refractivity contribution in [1.29, 1.82) is 5.26 Å². The molecule has 3 aromatic carbocycles. The number of hydrogen-bond donors (Lipinski definition) is 0. The Kier molecular flexibility index (Phi) is 6.98. The zero-order valence-electron chi connectivity index (χ0n) is 20.8. The van der Waals surface area contributed by atoms with Crippen molar-refractivity contribution in [1.82, 2.24) is 4.90 Å². The maximum atomic E-state index is 14.1. The van der Waals surface area contributed by atoms with Crippen molar-refractivity contribution in [2.45, 2.75) is 55.6 Å². The van der Waals surface area contributed by atoms with Gasteiger partial charge < -0.3 is 9.47 Å². The highest BCUT2D eigenvalue weighted by molar-refractivity contribution is 5.46. The number of nitrogens with zero attached hydrogens (tertiary/aromatic N) is 2. The van der Waals surface area contributed by atoms with E-state index < -0.39 is 11.2 Å². The molecular formula is C31H33FN2O2. The fourth-order valence-electron chi connectivity index (χ4n) is 6.08. The van der Waals surface area contributed by atoms with Gasteiger partial charge in [0.05, 0.1) is 13.2 Å². The minimum atomic E-state index is -0.681. The Morgan fingerprint density at radius 1 is 0.972 bits per heavy atom. The number of likely N-dealkylation sites (tertiary alicyclic amines) is 1. The third-order valence-electron chi connectivity index (χ3n) is 8.17. The summed E-state index contributed by atoms with van der Waals surface area (Å²) in [7, 11) is 1.46. The molecule has 36 heavy (non-hydrogen) atoms. The summed E-state index contributed by atoms with van der Waals surface area (Å²) < 4.78 is 25.2. The molecule has 0 radical (unpaired) electrons. The molecule has 0 atom stereocenters. The van der Waals surface area contributed by atoms with E-state index in [1.54, 1.807) is 12.1 Å². The lowest BCUT2D eigenvalue weighted by Crippen LogP contribution is -2.63. The highest BCUT2D eigenvalue weighted by atomic mass is 19.1. The van der Waals surface area contributed by atoms with Crippen molar-refractivity contribution in [2.75, 3.05) is 20.2 Å². The third-order valence-corrected chi connectivity index (χ3v) is 8.17. The molecule has 0 amide bonds. The molecule has 1 aliphatic heterocycles. The molecule has 0 aromatic heterocycles. The normalized spacial score (nSPS) is 17.8. The first kappa shape index (κ1) is 24.3. The second kappa shape index (κ2) is 10.3. The average Bonchev–Trinajstić information content (AvgIpc) is 3.37. The number of ether oxygens (including phenoxy) is 2. The molecule has 186 valence electrons. The fourth-order valence-corrected chi connectivity index (χ4v) is 6.08. The number of hydrogen-bond acceptors (Lipinski definition) is 4. The number of methoxy groups -OCH3 is 1. The maximum absolute atomic E-state index is 14.1. The van der Waals surface area contributed by atoms with Crippen molar-refractivity contribution >= 4 is 0 Å². The van der Waals surface area contributed by atoms with Crippen LogP contribution in [0.4, 0.5) is 4.39 Å². The largest absolute Gasteiger partial charge is 0.494 e. The molecule has 3 aromatic rings. The molecule has 0 bridgehead atoms. The molecule has 0 spiro atoms. The lowest BCUT2D eigenvalue weighted by molar-refractivity contribution is -0.0589. The Morgan fingerprint density at radius 2 is 1.58 bits per heavy atom. The molecule has 2 fully saturated rings. The number of benzene rings is 3. The van der Waals surface area contributed by atoms with Gasteiger partial charge in [-0.15, -0.1) is 0 Å². The molecule has 5 heteroatoms. The van der Waals surface area contributed by atoms with Crippen LogP contribution in [0.3, 0.4) is 0 Å². The summed E-state index contributed by atoms with van der Waals surface area (Å²) in [6.07, 6.45) is 6.46. The topological polar surface area (TPSA) is 45.5 Å². The minimum absolute atomic E-state index is 0.0410. The van der Waals surface area contributed by atoms with Crippen LogP contribution in [0.5, 0.6) is 11.5 Å². The molecule has 0 unspecified atom stereocenters. The minimum Gasteiger partial charge on any atom is -0.494 e. The first-order valence-corrected chi connectivity index (χ1v) is 12.9. The number of nitriles is 1. The highest BCUT2D eigenvalue weighted by Gasteiger charge is 2.48. The molecular weight excluding hydrogens is 451 g/mol. The molecule has 2 aliphatic rings. The molecule has 1 aliphatic carbocycles. The Morgan fingerprint density at radius 3 is 2.11 bits per heavy atom. The maximum Gasteiger partial charge on any atom is 0.168 e. The van der Waals surface area contributed by atoms with Crippen LogP contribution in [0.25, 0.3) is 0 Å². The van der Waals surface area contributed by atoms with Gasteiger partial charge in [0.15, 0.2) is 11.6 Å². The van der Waals surface area contributed by atoms with Gasteiger partial charge in [-0.2, -0.15) is 5.26 Å². The van der Waals surface area contributed by atoms with E-state index in [0.29, 0.717) is 5.75 Å². The average molecular weight is 485 g/mol. The molecule has 0 N–H and O–H groups in total. The Labute approximate surface area is 213 Å². The summed E-state index contributed by atoms with van der Waals surface area (Å²) in [5.41, 5.74) is 1.51. The van der Waals surface area contributed by atoms with E-state index >= 15 is 0 Å². The smallest absolute Gasteiger partial charge is 0.168 e. The summed E-state index contributed by atoms with van der Waals surface area (Å²) in [4.78, 5) is 2.54. The van der Waals surface area contributed by atoms with E-state index in [9.17, 15) is 9.65 Å². The second-order valence-electron chi connectivity index (χ2n) is 10.1. The van der Waals surface area contributed by atoms with Gasteiger partial charge >= 0.3 is 0 Å². The third kappa shape index (κ3) is 4.58. The van der Waals surface area contributed by atoms with E-state index in [1.807, 2.05) is 36.4 Å². The van der Waals surface area contributed by atoms with E-state index in [1.165, 1.54) is 26.0 Å². The summed E-state index contributed by atoms with van der Waals surface area (Å²) in [6.45, 7) is 1.65. The second-order valence-corrected chi connectivity index (χ2v) is 10.1. The van der Waals surface area contributed by atoms with Gasteiger partial charge in [-0.05, 0) is 48.9 Å². The summed E-state index contributed by atoms with van der Waals surface area (Å²) in [5.74, 6) is 0.350. The zero-order chi connectivity index (χ0) is 25.0. The highest BCUT2D eigenvalue weighted by Crippen LogP contribution is 2.46. The van der Waals surface area contributed by atoms with Gasteiger partial charge in [-0.1, -0.05) is 73.5 Å². The van der Waals surface area contributed by atoms with Crippen LogP contribution in [-0.4, -0.2) is 36.7 Å². The summed E-state index contributed by atoms with van der Waals surface area (Å²) >= 11 is 0. The van der Waals surface area contributed by atoms with Crippen LogP contribution < -0.4 is 9.47 Å². The van der Waals surface area contributed by atoms with Crippen molar-refractivity contribution in [3.05, 3.63) is 95.8 Å². The SMILES string of the molecule is COc1ccc(OC2CN(C3(CCC(C#N)(c4ccccc4)c4ccccc4)CCCC3)C2)cc1F. The molecule has 1 saturated carbocycles. The van der Waals surface area contributed by atoms with Crippen molar-refractivity contribution in [2.24, 2.45) is 0 Å². The van der Waals surface area contributed by atoms with Gasteiger partial charge in [-0.3, -0.25) is 4.90 Å². The van der Waals surface area contributed by atoms with Crippen molar-refractivity contribution < 1.29 is 13.9 Å². The first-order chi connectivity index (χ1) is 17.6. The summed E-state index contributed by atoms with van der Waals surface area (Å²) in [6, 6.07) is 27.9.